The van der Waals surface area contributed by atoms with Crippen LogP contribution < -0.4 is 15.0 Å². The predicted octanol–water partition coefficient (Wildman–Crippen LogP) is 0.411. The van der Waals surface area contributed by atoms with E-state index in [1.807, 2.05) is 25.9 Å². The maximum atomic E-state index is 12.6. The van der Waals surface area contributed by atoms with Crippen LogP contribution in [0.25, 0.3) is 0 Å². The molecule has 1 aromatic carbocycles. The van der Waals surface area contributed by atoms with E-state index < -0.39 is 23.8 Å². The number of urea groups is 1. The molecular weight excluding hydrogens is 314 g/mol. The van der Waals surface area contributed by atoms with E-state index >= 15 is 0 Å². The number of hydrogen-bond acceptors (Lipinski definition) is 5. The summed E-state index contributed by atoms with van der Waals surface area (Å²) in [5.74, 6) is -1.24. The first-order valence-electron chi connectivity index (χ1n) is 7.50. The lowest BCUT2D eigenvalue weighted by atomic mass is 10.00. The van der Waals surface area contributed by atoms with Gasteiger partial charge in [0, 0.05) is 0 Å². The summed E-state index contributed by atoms with van der Waals surface area (Å²) in [5.41, 5.74) is 0.415. The molecule has 3 N–H and O–H groups in total. The van der Waals surface area contributed by atoms with E-state index in [-0.39, 0.29) is 5.48 Å². The molecule has 8 nitrogen and oxygen atoms in total. The molecular formula is C16H23N3O5. The molecule has 4 amide bonds. The molecule has 1 aliphatic rings. The van der Waals surface area contributed by atoms with Gasteiger partial charge in [0.05, 0.1) is 12.3 Å². The highest BCUT2D eigenvalue weighted by atomic mass is 16.5. The van der Waals surface area contributed by atoms with Crippen molar-refractivity contribution in [2.24, 2.45) is 5.92 Å². The molecule has 1 unspecified atom stereocenters. The summed E-state index contributed by atoms with van der Waals surface area (Å²) in [5, 5.41) is 2.25. The summed E-state index contributed by atoms with van der Waals surface area (Å²) in [4.78, 5) is 39.4. The van der Waals surface area contributed by atoms with Crippen LogP contribution in [0.15, 0.2) is 24.3 Å². The average molecular weight is 337 g/mol. The number of amides is 4. The van der Waals surface area contributed by atoms with Gasteiger partial charge in [-0.2, -0.15) is 0 Å². The third-order valence-corrected chi connectivity index (χ3v) is 3.54. The Morgan fingerprint density at radius 3 is 2.33 bits per heavy atom. The Bertz CT molecular complexity index is 600. The van der Waals surface area contributed by atoms with Crippen LogP contribution in [0.3, 0.4) is 0 Å². The summed E-state index contributed by atoms with van der Waals surface area (Å²) < 4.78 is 5.34. The molecule has 1 aliphatic heterocycles. The zero-order chi connectivity index (χ0) is 17.0. The van der Waals surface area contributed by atoms with Gasteiger partial charge in [-0.15, -0.1) is 0 Å². The van der Waals surface area contributed by atoms with Crippen molar-refractivity contribution in [1.29, 1.82) is 0 Å². The Kier molecular flexibility index (Phi) is 6.87. The fourth-order valence-corrected chi connectivity index (χ4v) is 2.36. The van der Waals surface area contributed by atoms with Gasteiger partial charge in [0.2, 0.25) is 11.8 Å². The molecule has 1 fully saturated rings. The molecule has 1 saturated heterocycles. The van der Waals surface area contributed by atoms with E-state index in [1.165, 1.54) is 0 Å². The minimum absolute atomic E-state index is 0. The molecule has 1 atom stereocenters. The second-order valence-corrected chi connectivity index (χ2v) is 5.54. The lowest BCUT2D eigenvalue weighted by Gasteiger charge is -2.30. The fourth-order valence-electron chi connectivity index (χ4n) is 2.36. The standard InChI is InChI=1S/C16H21N3O4.H2O/c1-4-23-12-7-5-11(6-8-12)19-15(21)13(9-10-18(2)3)14(20)17-16(19)22;/h5-8,13H,4,9-10H2,1-3H3,(H,17,20,22);1H2. The Balaban J connectivity index is 0.00000288. The maximum Gasteiger partial charge on any atom is 0.335 e. The summed E-state index contributed by atoms with van der Waals surface area (Å²) in [6.45, 7) is 2.98. The van der Waals surface area contributed by atoms with Crippen LogP contribution >= 0.6 is 0 Å². The van der Waals surface area contributed by atoms with E-state index in [4.69, 9.17) is 4.74 Å². The minimum atomic E-state index is -0.860. The molecule has 0 spiro atoms. The van der Waals surface area contributed by atoms with E-state index in [2.05, 4.69) is 5.32 Å². The number of nitrogens with zero attached hydrogens (tertiary/aromatic N) is 2. The molecule has 0 bridgehead atoms. The van der Waals surface area contributed by atoms with E-state index in [1.54, 1.807) is 24.3 Å². The molecule has 2 rings (SSSR count). The van der Waals surface area contributed by atoms with Crippen LogP contribution in [-0.2, 0) is 9.59 Å². The van der Waals surface area contributed by atoms with Gasteiger partial charge in [-0.05, 0) is 58.3 Å². The molecule has 132 valence electrons. The molecule has 1 heterocycles. The van der Waals surface area contributed by atoms with Crippen LogP contribution in [0.5, 0.6) is 5.75 Å². The van der Waals surface area contributed by atoms with Crippen molar-refractivity contribution in [3.63, 3.8) is 0 Å². The second-order valence-electron chi connectivity index (χ2n) is 5.54. The number of barbiturate groups is 1. The number of rotatable bonds is 6. The average Bonchev–Trinajstić information content (AvgIpc) is 2.48. The van der Waals surface area contributed by atoms with Crippen molar-refractivity contribution in [2.45, 2.75) is 13.3 Å². The number of carbonyl (C=O) groups is 3. The summed E-state index contributed by atoms with van der Waals surface area (Å²) in [7, 11) is 3.72. The van der Waals surface area contributed by atoms with Gasteiger partial charge >= 0.3 is 6.03 Å². The van der Waals surface area contributed by atoms with Crippen LogP contribution in [0.2, 0.25) is 0 Å². The topological polar surface area (TPSA) is 110 Å². The van der Waals surface area contributed by atoms with Crippen molar-refractivity contribution in [3.8, 4) is 5.75 Å². The Morgan fingerprint density at radius 2 is 1.79 bits per heavy atom. The van der Waals surface area contributed by atoms with Gasteiger partial charge in [0.1, 0.15) is 11.7 Å². The van der Waals surface area contributed by atoms with E-state index in [0.717, 1.165) is 4.90 Å². The van der Waals surface area contributed by atoms with Crippen LogP contribution in [0, 0.1) is 5.92 Å². The normalized spacial score (nSPS) is 17.6. The first-order valence-corrected chi connectivity index (χ1v) is 7.50. The van der Waals surface area contributed by atoms with Crippen LogP contribution in [-0.4, -0.2) is 55.5 Å². The van der Waals surface area contributed by atoms with Crippen molar-refractivity contribution in [3.05, 3.63) is 24.3 Å². The number of benzene rings is 1. The lowest BCUT2D eigenvalue weighted by molar-refractivity contribution is -0.134. The number of nitrogens with one attached hydrogen (secondary N) is 1. The maximum absolute atomic E-state index is 12.6. The SMILES string of the molecule is CCOc1ccc(N2C(=O)NC(=O)C(CCN(C)C)C2=O)cc1.O. The Labute approximate surface area is 140 Å². The quantitative estimate of drug-likeness (QED) is 0.756. The van der Waals surface area contributed by atoms with E-state index in [9.17, 15) is 14.4 Å². The molecule has 0 radical (unpaired) electrons. The van der Waals surface area contributed by atoms with E-state index in [0.29, 0.717) is 31.0 Å². The number of hydrogen-bond donors (Lipinski definition) is 1. The predicted molar refractivity (Wildman–Crippen MR) is 88.9 cm³/mol. The molecule has 8 heteroatoms. The van der Waals surface area contributed by atoms with Crippen molar-refractivity contribution in [1.82, 2.24) is 10.2 Å². The van der Waals surface area contributed by atoms with Crippen molar-refractivity contribution < 1.29 is 24.6 Å². The first-order chi connectivity index (χ1) is 10.9. The largest absolute Gasteiger partial charge is 0.494 e. The zero-order valence-electron chi connectivity index (χ0n) is 14.0. The fraction of sp³-hybridized carbons (Fsp3) is 0.438. The number of ether oxygens (including phenoxy) is 1. The smallest absolute Gasteiger partial charge is 0.335 e. The Hall–Kier alpha value is -2.45. The van der Waals surface area contributed by atoms with Crippen molar-refractivity contribution >= 4 is 23.5 Å². The molecule has 1 aromatic rings. The third-order valence-electron chi connectivity index (χ3n) is 3.54. The van der Waals surface area contributed by atoms with Gasteiger partial charge in [-0.3, -0.25) is 14.9 Å². The third kappa shape index (κ3) is 4.30. The van der Waals surface area contributed by atoms with Crippen molar-refractivity contribution in [2.75, 3.05) is 32.1 Å². The van der Waals surface area contributed by atoms with Gasteiger partial charge in [-0.1, -0.05) is 0 Å². The lowest BCUT2D eigenvalue weighted by Crippen LogP contribution is -2.58. The minimum Gasteiger partial charge on any atom is -0.494 e. The zero-order valence-corrected chi connectivity index (χ0v) is 14.0. The van der Waals surface area contributed by atoms with Gasteiger partial charge in [0.25, 0.3) is 0 Å². The molecule has 0 aromatic heterocycles. The van der Waals surface area contributed by atoms with Gasteiger partial charge in [-0.25, -0.2) is 9.69 Å². The summed E-state index contributed by atoms with van der Waals surface area (Å²) in [6.07, 6.45) is 0.360. The highest BCUT2D eigenvalue weighted by molar-refractivity contribution is 6.27. The van der Waals surface area contributed by atoms with Gasteiger partial charge < -0.3 is 15.1 Å². The second kappa shape index (κ2) is 8.42. The number of imide groups is 2. The molecule has 0 aliphatic carbocycles. The number of carbonyl (C=O) groups excluding carboxylic acids is 3. The number of anilines is 1. The van der Waals surface area contributed by atoms with Crippen LogP contribution in [0.4, 0.5) is 10.5 Å². The summed E-state index contributed by atoms with van der Waals surface area (Å²) >= 11 is 0. The summed E-state index contributed by atoms with van der Waals surface area (Å²) in [6, 6.07) is 5.91. The van der Waals surface area contributed by atoms with Gasteiger partial charge in [0.15, 0.2) is 0 Å². The first kappa shape index (κ1) is 19.6. The highest BCUT2D eigenvalue weighted by Gasteiger charge is 2.40. The highest BCUT2D eigenvalue weighted by Crippen LogP contribution is 2.24. The monoisotopic (exact) mass is 337 g/mol. The van der Waals surface area contributed by atoms with Crippen LogP contribution in [0.1, 0.15) is 13.3 Å². The molecule has 0 saturated carbocycles. The Morgan fingerprint density at radius 1 is 1.17 bits per heavy atom. The molecule has 24 heavy (non-hydrogen) atoms.